The molecule has 2 aromatic rings. The highest BCUT2D eigenvalue weighted by Gasteiger charge is 2.23. The molecule has 0 spiro atoms. The number of amides is 1. The molecule has 0 radical (unpaired) electrons. The summed E-state index contributed by atoms with van der Waals surface area (Å²) in [6, 6.07) is 13.8. The fourth-order valence-electron chi connectivity index (χ4n) is 3.31. The Balaban J connectivity index is 1.64. The van der Waals surface area contributed by atoms with E-state index in [1.54, 1.807) is 4.90 Å². The van der Waals surface area contributed by atoms with Gasteiger partial charge in [-0.2, -0.15) is 0 Å². The van der Waals surface area contributed by atoms with Gasteiger partial charge in [0.15, 0.2) is 6.61 Å². The van der Waals surface area contributed by atoms with Crippen LogP contribution in [0, 0.1) is 10.1 Å². The third-order valence-electron chi connectivity index (χ3n) is 5.04. The van der Waals surface area contributed by atoms with Crippen LogP contribution in [0.3, 0.4) is 0 Å². The van der Waals surface area contributed by atoms with E-state index >= 15 is 0 Å². The summed E-state index contributed by atoms with van der Waals surface area (Å²) in [5.74, 6) is 0.266. The number of carbonyl (C=O) groups is 1. The van der Waals surface area contributed by atoms with Crippen molar-refractivity contribution in [2.24, 2.45) is 0 Å². The lowest BCUT2D eigenvalue weighted by Crippen LogP contribution is -2.39. The zero-order chi connectivity index (χ0) is 21.5. The van der Waals surface area contributed by atoms with Gasteiger partial charge in [-0.05, 0) is 42.7 Å². The lowest BCUT2D eigenvalue weighted by molar-refractivity contribution is -0.384. The van der Waals surface area contributed by atoms with Crippen LogP contribution in [0.1, 0.15) is 18.4 Å². The Bertz CT molecular complexity index is 846. The van der Waals surface area contributed by atoms with Gasteiger partial charge in [0.25, 0.3) is 11.6 Å². The van der Waals surface area contributed by atoms with Crippen molar-refractivity contribution in [2.45, 2.75) is 25.5 Å². The standard InChI is InChI=1S/C22H27N3O5/c1-23(2)18-7-5-17(6-8-18)14-24(15-21-4-3-13-29-21)22(26)16-30-20-11-9-19(10-12-20)25(27)28/h5-12,21H,3-4,13-16H2,1-2H3. The van der Waals surface area contributed by atoms with E-state index in [0.29, 0.717) is 18.8 Å². The number of benzene rings is 2. The van der Waals surface area contributed by atoms with E-state index in [-0.39, 0.29) is 24.3 Å². The number of non-ortho nitro benzene ring substituents is 1. The first kappa shape index (κ1) is 21.6. The van der Waals surface area contributed by atoms with Crippen molar-refractivity contribution in [3.8, 4) is 5.75 Å². The second kappa shape index (κ2) is 10.1. The number of nitro groups is 1. The predicted molar refractivity (Wildman–Crippen MR) is 114 cm³/mol. The van der Waals surface area contributed by atoms with Crippen LogP contribution >= 0.6 is 0 Å². The van der Waals surface area contributed by atoms with E-state index in [4.69, 9.17) is 9.47 Å². The maximum Gasteiger partial charge on any atom is 0.269 e. The number of carbonyl (C=O) groups excluding carboxylic acids is 1. The molecule has 3 rings (SSSR count). The number of anilines is 1. The van der Waals surface area contributed by atoms with E-state index < -0.39 is 4.92 Å². The fraction of sp³-hybridized carbons (Fsp3) is 0.409. The first-order chi connectivity index (χ1) is 14.4. The van der Waals surface area contributed by atoms with Crippen molar-refractivity contribution in [2.75, 3.05) is 38.8 Å². The van der Waals surface area contributed by atoms with Gasteiger partial charge in [-0.3, -0.25) is 14.9 Å². The minimum atomic E-state index is -0.472. The molecule has 0 bridgehead atoms. The molecule has 8 nitrogen and oxygen atoms in total. The lowest BCUT2D eigenvalue weighted by atomic mass is 10.1. The molecule has 1 aliphatic rings. The number of rotatable bonds is 9. The predicted octanol–water partition coefficient (Wildman–Crippen LogP) is 3.25. The van der Waals surface area contributed by atoms with E-state index in [2.05, 4.69) is 0 Å². The fourth-order valence-corrected chi connectivity index (χ4v) is 3.31. The Labute approximate surface area is 176 Å². The van der Waals surface area contributed by atoms with Gasteiger partial charge in [0, 0.05) is 51.6 Å². The molecule has 160 valence electrons. The summed E-state index contributed by atoms with van der Waals surface area (Å²) in [6.45, 7) is 1.57. The summed E-state index contributed by atoms with van der Waals surface area (Å²) in [7, 11) is 3.97. The van der Waals surface area contributed by atoms with Crippen LogP contribution in [-0.4, -0.2) is 55.7 Å². The number of nitrogens with zero attached hydrogens (tertiary/aromatic N) is 3. The summed E-state index contributed by atoms with van der Waals surface area (Å²) in [4.78, 5) is 27.0. The van der Waals surface area contributed by atoms with Gasteiger partial charge in [0.2, 0.25) is 0 Å². The van der Waals surface area contributed by atoms with Crippen molar-refractivity contribution in [1.82, 2.24) is 4.90 Å². The minimum absolute atomic E-state index is 0.0187. The second-order valence-corrected chi connectivity index (χ2v) is 7.51. The zero-order valence-corrected chi connectivity index (χ0v) is 17.3. The minimum Gasteiger partial charge on any atom is -0.484 e. The second-order valence-electron chi connectivity index (χ2n) is 7.51. The van der Waals surface area contributed by atoms with Gasteiger partial charge >= 0.3 is 0 Å². The highest BCUT2D eigenvalue weighted by Crippen LogP contribution is 2.19. The van der Waals surface area contributed by atoms with Gasteiger partial charge in [-0.1, -0.05) is 12.1 Å². The number of nitro benzene ring substituents is 1. The quantitative estimate of drug-likeness (QED) is 0.463. The molecule has 1 amide bonds. The van der Waals surface area contributed by atoms with Crippen LogP contribution < -0.4 is 9.64 Å². The molecule has 1 unspecified atom stereocenters. The lowest BCUT2D eigenvalue weighted by Gasteiger charge is -2.26. The Morgan fingerprint density at radius 3 is 2.43 bits per heavy atom. The normalized spacial score (nSPS) is 15.6. The highest BCUT2D eigenvalue weighted by atomic mass is 16.6. The zero-order valence-electron chi connectivity index (χ0n) is 17.3. The van der Waals surface area contributed by atoms with Crippen molar-refractivity contribution in [3.63, 3.8) is 0 Å². The SMILES string of the molecule is CN(C)c1ccc(CN(CC2CCCO2)C(=O)COc2ccc([N+](=O)[O-])cc2)cc1. The third kappa shape index (κ3) is 5.93. The monoisotopic (exact) mass is 413 g/mol. The molecule has 0 N–H and O–H groups in total. The summed E-state index contributed by atoms with van der Waals surface area (Å²) < 4.78 is 11.3. The van der Waals surface area contributed by atoms with Crippen molar-refractivity contribution < 1.29 is 19.2 Å². The Morgan fingerprint density at radius 2 is 1.87 bits per heavy atom. The van der Waals surface area contributed by atoms with Crippen LogP contribution in [0.4, 0.5) is 11.4 Å². The topological polar surface area (TPSA) is 85.2 Å². The van der Waals surface area contributed by atoms with Gasteiger partial charge < -0.3 is 19.3 Å². The molecule has 1 aliphatic heterocycles. The third-order valence-corrected chi connectivity index (χ3v) is 5.04. The van der Waals surface area contributed by atoms with Gasteiger partial charge in [0.05, 0.1) is 11.0 Å². The summed E-state index contributed by atoms with van der Waals surface area (Å²) >= 11 is 0. The van der Waals surface area contributed by atoms with E-state index in [9.17, 15) is 14.9 Å². The largest absolute Gasteiger partial charge is 0.484 e. The molecular formula is C22H27N3O5. The molecule has 1 saturated heterocycles. The van der Waals surface area contributed by atoms with Crippen LogP contribution in [0.15, 0.2) is 48.5 Å². The molecule has 1 fully saturated rings. The number of hydrogen-bond acceptors (Lipinski definition) is 6. The van der Waals surface area contributed by atoms with Gasteiger partial charge in [0.1, 0.15) is 5.75 Å². The average Bonchev–Trinajstić information content (AvgIpc) is 3.25. The van der Waals surface area contributed by atoms with Crippen molar-refractivity contribution >= 4 is 17.3 Å². The maximum absolute atomic E-state index is 12.9. The number of ether oxygens (including phenoxy) is 2. The van der Waals surface area contributed by atoms with Crippen LogP contribution in [0.25, 0.3) is 0 Å². The molecule has 0 aromatic heterocycles. The smallest absolute Gasteiger partial charge is 0.269 e. The summed E-state index contributed by atoms with van der Waals surface area (Å²) in [6.07, 6.45) is 1.98. The number of hydrogen-bond donors (Lipinski definition) is 0. The Hall–Kier alpha value is -3.13. The van der Waals surface area contributed by atoms with Crippen LogP contribution in [0.2, 0.25) is 0 Å². The molecule has 1 atom stereocenters. The van der Waals surface area contributed by atoms with Gasteiger partial charge in [-0.25, -0.2) is 0 Å². The van der Waals surface area contributed by atoms with Crippen LogP contribution in [0.5, 0.6) is 5.75 Å². The van der Waals surface area contributed by atoms with Gasteiger partial charge in [-0.15, -0.1) is 0 Å². The molecule has 0 saturated carbocycles. The first-order valence-electron chi connectivity index (χ1n) is 9.95. The summed E-state index contributed by atoms with van der Waals surface area (Å²) in [5, 5.41) is 10.8. The molecule has 1 heterocycles. The van der Waals surface area contributed by atoms with Crippen LogP contribution in [-0.2, 0) is 16.1 Å². The average molecular weight is 413 g/mol. The molecule has 30 heavy (non-hydrogen) atoms. The first-order valence-corrected chi connectivity index (χ1v) is 9.95. The Kier molecular flexibility index (Phi) is 7.24. The summed E-state index contributed by atoms with van der Waals surface area (Å²) in [5.41, 5.74) is 2.11. The van der Waals surface area contributed by atoms with Crippen molar-refractivity contribution in [3.05, 3.63) is 64.2 Å². The maximum atomic E-state index is 12.9. The van der Waals surface area contributed by atoms with E-state index in [1.165, 1.54) is 24.3 Å². The highest BCUT2D eigenvalue weighted by molar-refractivity contribution is 5.77. The Morgan fingerprint density at radius 1 is 1.17 bits per heavy atom. The van der Waals surface area contributed by atoms with E-state index in [1.807, 2.05) is 43.3 Å². The molecule has 0 aliphatic carbocycles. The molecule has 2 aromatic carbocycles. The molecular weight excluding hydrogens is 386 g/mol. The van der Waals surface area contributed by atoms with Crippen molar-refractivity contribution in [1.29, 1.82) is 0 Å². The van der Waals surface area contributed by atoms with E-state index in [0.717, 1.165) is 30.7 Å². The molecule has 8 heteroatoms.